The summed E-state index contributed by atoms with van der Waals surface area (Å²) in [6.45, 7) is 1.45. The van der Waals surface area contributed by atoms with Gasteiger partial charge < -0.3 is 5.32 Å². The van der Waals surface area contributed by atoms with Crippen LogP contribution in [0.3, 0.4) is 0 Å². The summed E-state index contributed by atoms with van der Waals surface area (Å²) in [6.07, 6.45) is 1.54. The van der Waals surface area contributed by atoms with Gasteiger partial charge in [-0.25, -0.2) is 5.43 Å². The van der Waals surface area contributed by atoms with Gasteiger partial charge in [0.15, 0.2) is 0 Å². The highest BCUT2D eigenvalue weighted by molar-refractivity contribution is 7.12. The van der Waals surface area contributed by atoms with E-state index < -0.39 is 0 Å². The van der Waals surface area contributed by atoms with E-state index in [1.54, 1.807) is 36.5 Å². The van der Waals surface area contributed by atoms with Crippen LogP contribution in [-0.4, -0.2) is 18.0 Å². The van der Waals surface area contributed by atoms with Crippen LogP contribution in [0.4, 0.5) is 5.69 Å². The molecule has 2 aromatic rings. The van der Waals surface area contributed by atoms with Crippen molar-refractivity contribution in [2.75, 3.05) is 5.32 Å². The van der Waals surface area contributed by atoms with Crippen LogP contribution in [0.15, 0.2) is 46.9 Å². The minimum atomic E-state index is -0.230. The first-order valence-electron chi connectivity index (χ1n) is 5.90. The first kappa shape index (κ1) is 14.0. The lowest BCUT2D eigenvalue weighted by molar-refractivity contribution is -0.114. The molecule has 2 N–H and O–H groups in total. The van der Waals surface area contributed by atoms with Crippen molar-refractivity contribution >= 4 is 35.1 Å². The van der Waals surface area contributed by atoms with Crippen molar-refractivity contribution in [3.05, 3.63) is 52.2 Å². The molecule has 6 heteroatoms. The van der Waals surface area contributed by atoms with Crippen LogP contribution in [0.2, 0.25) is 0 Å². The van der Waals surface area contributed by atoms with Gasteiger partial charge in [-0.1, -0.05) is 18.2 Å². The Hall–Kier alpha value is -2.47. The highest BCUT2D eigenvalue weighted by Gasteiger charge is 2.03. The summed E-state index contributed by atoms with van der Waals surface area (Å²) in [5.74, 6) is -0.347. The number of carbonyl (C=O) groups is 2. The van der Waals surface area contributed by atoms with Gasteiger partial charge in [0.05, 0.1) is 11.1 Å². The maximum Gasteiger partial charge on any atom is 0.281 e. The lowest BCUT2D eigenvalue weighted by Crippen LogP contribution is -2.16. The van der Waals surface area contributed by atoms with Gasteiger partial charge >= 0.3 is 0 Å². The fourth-order valence-corrected chi connectivity index (χ4v) is 2.10. The fourth-order valence-electron chi connectivity index (χ4n) is 1.48. The lowest BCUT2D eigenvalue weighted by atomic mass is 10.2. The number of amides is 2. The minimum absolute atomic E-state index is 0.116. The van der Waals surface area contributed by atoms with E-state index in [2.05, 4.69) is 15.8 Å². The molecule has 1 aromatic heterocycles. The Balaban J connectivity index is 1.91. The molecule has 0 fully saturated rings. The molecule has 0 aliphatic carbocycles. The predicted octanol–water partition coefficient (Wildman–Crippen LogP) is 2.47. The van der Waals surface area contributed by atoms with Crippen LogP contribution in [0.5, 0.6) is 0 Å². The summed E-state index contributed by atoms with van der Waals surface area (Å²) in [6, 6.07) is 10.7. The molecule has 0 bridgehead atoms. The summed E-state index contributed by atoms with van der Waals surface area (Å²) < 4.78 is 0. The standard InChI is InChI=1S/C14H13N3O2S/c1-10(18)16-12-6-4-11(5-7-12)9-15-17-14(19)13-3-2-8-20-13/h2-9H,1H3,(H,16,18)(H,17,19)/b15-9-. The van der Waals surface area contributed by atoms with Crippen LogP contribution in [0.25, 0.3) is 0 Å². The monoisotopic (exact) mass is 287 g/mol. The molecule has 0 aliphatic rings. The van der Waals surface area contributed by atoms with Crippen molar-refractivity contribution in [1.82, 2.24) is 5.43 Å². The summed E-state index contributed by atoms with van der Waals surface area (Å²) >= 11 is 1.36. The lowest BCUT2D eigenvalue weighted by Gasteiger charge is -2.01. The van der Waals surface area contributed by atoms with E-state index in [9.17, 15) is 9.59 Å². The summed E-state index contributed by atoms with van der Waals surface area (Å²) in [5, 5.41) is 8.39. The Bertz CT molecular complexity index is 618. The molecule has 5 nitrogen and oxygen atoms in total. The van der Waals surface area contributed by atoms with E-state index in [0.29, 0.717) is 4.88 Å². The van der Waals surface area contributed by atoms with Gasteiger partial charge in [-0.2, -0.15) is 5.10 Å². The molecule has 102 valence electrons. The molecule has 0 unspecified atom stereocenters. The van der Waals surface area contributed by atoms with Gasteiger partial charge in [0, 0.05) is 12.6 Å². The molecule has 1 aromatic carbocycles. The van der Waals surface area contributed by atoms with Crippen molar-refractivity contribution in [1.29, 1.82) is 0 Å². The molecule has 0 saturated heterocycles. The van der Waals surface area contributed by atoms with E-state index in [1.807, 2.05) is 11.4 Å². The van der Waals surface area contributed by atoms with Crippen LogP contribution in [0.1, 0.15) is 22.2 Å². The maximum absolute atomic E-state index is 11.6. The van der Waals surface area contributed by atoms with Crippen LogP contribution in [-0.2, 0) is 4.79 Å². The van der Waals surface area contributed by atoms with E-state index in [1.165, 1.54) is 18.3 Å². The molecule has 0 radical (unpaired) electrons. The molecule has 0 spiro atoms. The van der Waals surface area contributed by atoms with E-state index >= 15 is 0 Å². The zero-order valence-corrected chi connectivity index (χ0v) is 11.6. The highest BCUT2D eigenvalue weighted by Crippen LogP contribution is 2.09. The number of benzene rings is 1. The minimum Gasteiger partial charge on any atom is -0.326 e. The predicted molar refractivity (Wildman–Crippen MR) is 80.1 cm³/mol. The molecule has 1 heterocycles. The number of hydrogen-bond acceptors (Lipinski definition) is 4. The Morgan fingerprint density at radius 1 is 1.20 bits per heavy atom. The molecule has 2 rings (SSSR count). The highest BCUT2D eigenvalue weighted by atomic mass is 32.1. The van der Waals surface area contributed by atoms with Gasteiger partial charge in [0.2, 0.25) is 5.91 Å². The normalized spacial score (nSPS) is 10.4. The average Bonchev–Trinajstić information content (AvgIpc) is 2.94. The molecular weight excluding hydrogens is 274 g/mol. The van der Waals surface area contributed by atoms with E-state index in [4.69, 9.17) is 0 Å². The zero-order valence-electron chi connectivity index (χ0n) is 10.8. The fraction of sp³-hybridized carbons (Fsp3) is 0.0714. The maximum atomic E-state index is 11.6. The molecular formula is C14H13N3O2S. The third kappa shape index (κ3) is 4.03. The number of nitrogens with zero attached hydrogens (tertiary/aromatic N) is 1. The second kappa shape index (κ2) is 6.63. The largest absolute Gasteiger partial charge is 0.326 e. The Morgan fingerprint density at radius 3 is 2.55 bits per heavy atom. The van der Waals surface area contributed by atoms with Gasteiger partial charge in [-0.3, -0.25) is 9.59 Å². The first-order chi connectivity index (χ1) is 9.65. The first-order valence-corrected chi connectivity index (χ1v) is 6.77. The summed E-state index contributed by atoms with van der Waals surface area (Å²) in [4.78, 5) is 23.1. The van der Waals surface area contributed by atoms with Crippen LogP contribution >= 0.6 is 11.3 Å². The number of carbonyl (C=O) groups excluding carboxylic acids is 2. The third-order valence-electron chi connectivity index (χ3n) is 2.36. The van der Waals surface area contributed by atoms with E-state index in [-0.39, 0.29) is 11.8 Å². The third-order valence-corrected chi connectivity index (χ3v) is 3.22. The molecule has 0 atom stereocenters. The molecule has 0 aliphatic heterocycles. The van der Waals surface area contributed by atoms with Crippen LogP contribution in [0, 0.1) is 0 Å². The topological polar surface area (TPSA) is 70.6 Å². The number of rotatable bonds is 4. The number of nitrogens with one attached hydrogen (secondary N) is 2. The van der Waals surface area contributed by atoms with Gasteiger partial charge in [0.25, 0.3) is 5.91 Å². The second-order valence-corrected chi connectivity index (χ2v) is 4.93. The van der Waals surface area contributed by atoms with Crippen LogP contribution < -0.4 is 10.7 Å². The molecule has 2 amide bonds. The summed E-state index contributed by atoms with van der Waals surface area (Å²) in [7, 11) is 0. The van der Waals surface area contributed by atoms with Gasteiger partial charge in [-0.05, 0) is 29.1 Å². The summed E-state index contributed by atoms with van der Waals surface area (Å²) in [5.41, 5.74) is 4.00. The van der Waals surface area contributed by atoms with Gasteiger partial charge in [0.1, 0.15) is 0 Å². The molecule has 0 saturated carbocycles. The van der Waals surface area contributed by atoms with Crippen molar-refractivity contribution in [2.45, 2.75) is 6.92 Å². The van der Waals surface area contributed by atoms with Gasteiger partial charge in [-0.15, -0.1) is 11.3 Å². The quantitative estimate of drug-likeness (QED) is 0.670. The number of anilines is 1. The van der Waals surface area contributed by atoms with E-state index in [0.717, 1.165) is 11.3 Å². The number of hydrazone groups is 1. The Morgan fingerprint density at radius 2 is 1.95 bits per heavy atom. The Kier molecular flexibility index (Phi) is 4.62. The molecule has 20 heavy (non-hydrogen) atoms. The average molecular weight is 287 g/mol. The van der Waals surface area contributed by atoms with Crippen molar-refractivity contribution < 1.29 is 9.59 Å². The van der Waals surface area contributed by atoms with Crippen molar-refractivity contribution in [3.63, 3.8) is 0 Å². The SMILES string of the molecule is CC(=O)Nc1ccc(/C=N\NC(=O)c2cccs2)cc1. The van der Waals surface area contributed by atoms with Crippen molar-refractivity contribution in [2.24, 2.45) is 5.10 Å². The number of thiophene rings is 1. The van der Waals surface area contributed by atoms with Crippen molar-refractivity contribution in [3.8, 4) is 0 Å². The second-order valence-electron chi connectivity index (χ2n) is 3.98. The number of hydrogen-bond donors (Lipinski definition) is 2. The zero-order chi connectivity index (χ0) is 14.4. The Labute approximate surface area is 120 Å². The smallest absolute Gasteiger partial charge is 0.281 e.